The quantitative estimate of drug-likeness (QED) is 0.876. The average Bonchev–Trinajstić information content (AvgIpc) is 2.99. The van der Waals surface area contributed by atoms with Crippen molar-refractivity contribution in [2.24, 2.45) is 5.41 Å². The second-order valence-corrected chi connectivity index (χ2v) is 8.04. The Morgan fingerprint density at radius 1 is 1.33 bits per heavy atom. The minimum Gasteiger partial charge on any atom is -0.316 e. The number of fused-ring (bicyclic) bond motifs is 1. The molecule has 1 saturated carbocycles. The van der Waals surface area contributed by atoms with Gasteiger partial charge in [-0.05, 0) is 55.2 Å². The number of rotatable bonds is 5. The molecule has 0 spiro atoms. The molecule has 0 radical (unpaired) electrons. The standard InChI is InChI=1S/C18H30N2S/c1-3-19-13-18(9-5-4-6-10-18)14-20-11-7-17-16(15(20)2)8-12-21-17/h8,12,15,19H,3-7,9-11,13-14H2,1-2H3. The molecule has 3 heteroatoms. The first-order chi connectivity index (χ1) is 10.2. The Labute approximate surface area is 133 Å². The molecule has 3 rings (SSSR count). The molecule has 2 aliphatic rings. The van der Waals surface area contributed by atoms with Gasteiger partial charge in [0, 0.05) is 30.6 Å². The molecular weight excluding hydrogens is 276 g/mol. The fraction of sp³-hybridized carbons (Fsp3) is 0.778. The summed E-state index contributed by atoms with van der Waals surface area (Å²) in [6.45, 7) is 9.50. The van der Waals surface area contributed by atoms with Gasteiger partial charge in [-0.15, -0.1) is 11.3 Å². The summed E-state index contributed by atoms with van der Waals surface area (Å²) in [5, 5.41) is 5.93. The van der Waals surface area contributed by atoms with Crippen LogP contribution in [0.15, 0.2) is 11.4 Å². The lowest BCUT2D eigenvalue weighted by Crippen LogP contribution is -2.47. The Morgan fingerprint density at radius 3 is 2.90 bits per heavy atom. The summed E-state index contributed by atoms with van der Waals surface area (Å²) >= 11 is 1.95. The van der Waals surface area contributed by atoms with E-state index in [2.05, 4.69) is 35.5 Å². The zero-order valence-electron chi connectivity index (χ0n) is 13.7. The van der Waals surface area contributed by atoms with Crippen LogP contribution in [0.25, 0.3) is 0 Å². The second kappa shape index (κ2) is 6.80. The molecule has 1 aromatic heterocycles. The normalized spacial score (nSPS) is 25.7. The van der Waals surface area contributed by atoms with E-state index in [1.807, 2.05) is 11.3 Å². The van der Waals surface area contributed by atoms with Gasteiger partial charge in [0.25, 0.3) is 0 Å². The molecule has 0 aromatic carbocycles. The molecule has 0 saturated heterocycles. The summed E-state index contributed by atoms with van der Waals surface area (Å²) in [6.07, 6.45) is 8.39. The first-order valence-corrected chi connectivity index (χ1v) is 9.63. The van der Waals surface area contributed by atoms with E-state index < -0.39 is 0 Å². The Balaban J connectivity index is 1.71. The molecular formula is C18H30N2S. The minimum absolute atomic E-state index is 0.524. The van der Waals surface area contributed by atoms with E-state index in [-0.39, 0.29) is 0 Å². The maximum atomic E-state index is 3.65. The number of hydrogen-bond donors (Lipinski definition) is 1. The number of nitrogens with zero attached hydrogens (tertiary/aromatic N) is 1. The SMILES string of the molecule is CCNCC1(CN2CCc3sccc3C2C)CCCCC1. The molecule has 2 nitrogen and oxygen atoms in total. The third-order valence-electron chi connectivity index (χ3n) is 5.61. The van der Waals surface area contributed by atoms with Crippen molar-refractivity contribution < 1.29 is 0 Å². The lowest BCUT2D eigenvalue weighted by Gasteiger charge is -2.44. The van der Waals surface area contributed by atoms with Crippen molar-refractivity contribution >= 4 is 11.3 Å². The maximum absolute atomic E-state index is 3.65. The van der Waals surface area contributed by atoms with Crippen molar-refractivity contribution in [3.05, 3.63) is 21.9 Å². The monoisotopic (exact) mass is 306 g/mol. The van der Waals surface area contributed by atoms with Crippen LogP contribution in [0.1, 0.15) is 62.4 Å². The van der Waals surface area contributed by atoms with Gasteiger partial charge < -0.3 is 5.32 Å². The summed E-state index contributed by atoms with van der Waals surface area (Å²) in [4.78, 5) is 4.39. The van der Waals surface area contributed by atoms with Gasteiger partial charge in [-0.3, -0.25) is 4.90 Å². The summed E-state index contributed by atoms with van der Waals surface area (Å²) in [6, 6.07) is 2.97. The van der Waals surface area contributed by atoms with Crippen molar-refractivity contribution in [3.63, 3.8) is 0 Å². The number of nitrogens with one attached hydrogen (secondary N) is 1. The number of hydrogen-bond acceptors (Lipinski definition) is 3. The average molecular weight is 307 g/mol. The topological polar surface area (TPSA) is 15.3 Å². The van der Waals surface area contributed by atoms with Crippen molar-refractivity contribution in [2.75, 3.05) is 26.2 Å². The smallest absolute Gasteiger partial charge is 0.0331 e. The predicted molar refractivity (Wildman–Crippen MR) is 92.1 cm³/mol. The molecule has 2 heterocycles. The van der Waals surface area contributed by atoms with E-state index in [1.54, 1.807) is 10.4 Å². The minimum atomic E-state index is 0.524. The Morgan fingerprint density at radius 2 is 2.14 bits per heavy atom. The van der Waals surface area contributed by atoms with Crippen LogP contribution in [0.3, 0.4) is 0 Å². The zero-order valence-corrected chi connectivity index (χ0v) is 14.5. The predicted octanol–water partition coefficient (Wildman–Crippen LogP) is 4.23. The van der Waals surface area contributed by atoms with Gasteiger partial charge in [-0.1, -0.05) is 26.2 Å². The lowest BCUT2D eigenvalue weighted by molar-refractivity contribution is 0.0750. The molecule has 0 amide bonds. The summed E-state index contributed by atoms with van der Waals surface area (Å²) in [7, 11) is 0. The molecule has 1 fully saturated rings. The van der Waals surface area contributed by atoms with Crippen LogP contribution in [0.5, 0.6) is 0 Å². The zero-order chi connectivity index (χ0) is 14.7. The summed E-state index contributed by atoms with van der Waals surface area (Å²) < 4.78 is 0. The first kappa shape index (κ1) is 15.5. The van der Waals surface area contributed by atoms with E-state index >= 15 is 0 Å². The van der Waals surface area contributed by atoms with E-state index in [0.717, 1.165) is 6.54 Å². The Kier molecular flexibility index (Phi) is 5.03. The van der Waals surface area contributed by atoms with Gasteiger partial charge in [-0.2, -0.15) is 0 Å². The highest BCUT2D eigenvalue weighted by Gasteiger charge is 2.36. The van der Waals surface area contributed by atoms with Gasteiger partial charge in [0.1, 0.15) is 0 Å². The largest absolute Gasteiger partial charge is 0.316 e. The first-order valence-electron chi connectivity index (χ1n) is 8.75. The van der Waals surface area contributed by atoms with Crippen LogP contribution >= 0.6 is 11.3 Å². The molecule has 1 aliphatic heterocycles. The lowest BCUT2D eigenvalue weighted by atomic mass is 9.73. The van der Waals surface area contributed by atoms with E-state index in [4.69, 9.17) is 0 Å². The fourth-order valence-corrected chi connectivity index (χ4v) is 5.25. The third-order valence-corrected chi connectivity index (χ3v) is 6.60. The molecule has 1 aromatic rings. The van der Waals surface area contributed by atoms with Crippen LogP contribution in [-0.4, -0.2) is 31.1 Å². The van der Waals surface area contributed by atoms with Crippen molar-refractivity contribution in [3.8, 4) is 0 Å². The van der Waals surface area contributed by atoms with Gasteiger partial charge in [-0.25, -0.2) is 0 Å². The van der Waals surface area contributed by atoms with Crippen molar-refractivity contribution in [2.45, 2.75) is 58.4 Å². The Bertz CT molecular complexity index is 448. The molecule has 0 bridgehead atoms. The fourth-order valence-electron chi connectivity index (χ4n) is 4.29. The summed E-state index contributed by atoms with van der Waals surface area (Å²) in [5.74, 6) is 0. The molecule has 1 unspecified atom stereocenters. The van der Waals surface area contributed by atoms with Crippen LogP contribution in [0.2, 0.25) is 0 Å². The molecule has 118 valence electrons. The highest BCUT2D eigenvalue weighted by molar-refractivity contribution is 7.10. The second-order valence-electron chi connectivity index (χ2n) is 7.04. The van der Waals surface area contributed by atoms with E-state index in [1.165, 1.54) is 58.2 Å². The van der Waals surface area contributed by atoms with Crippen molar-refractivity contribution in [1.29, 1.82) is 0 Å². The van der Waals surface area contributed by atoms with E-state index in [0.29, 0.717) is 11.5 Å². The highest BCUT2D eigenvalue weighted by Crippen LogP contribution is 2.40. The third kappa shape index (κ3) is 3.35. The number of thiophene rings is 1. The van der Waals surface area contributed by atoms with Crippen LogP contribution in [-0.2, 0) is 6.42 Å². The van der Waals surface area contributed by atoms with Crippen molar-refractivity contribution in [1.82, 2.24) is 10.2 Å². The molecule has 1 N–H and O–H groups in total. The summed E-state index contributed by atoms with van der Waals surface area (Å²) in [5.41, 5.74) is 2.12. The van der Waals surface area contributed by atoms with Gasteiger partial charge >= 0.3 is 0 Å². The molecule has 1 atom stereocenters. The van der Waals surface area contributed by atoms with Gasteiger partial charge in [0.2, 0.25) is 0 Å². The van der Waals surface area contributed by atoms with Gasteiger partial charge in [0.05, 0.1) is 0 Å². The Hall–Kier alpha value is -0.380. The highest BCUT2D eigenvalue weighted by atomic mass is 32.1. The maximum Gasteiger partial charge on any atom is 0.0331 e. The molecule has 21 heavy (non-hydrogen) atoms. The van der Waals surface area contributed by atoms with E-state index in [9.17, 15) is 0 Å². The molecule has 1 aliphatic carbocycles. The van der Waals surface area contributed by atoms with Gasteiger partial charge in [0.15, 0.2) is 0 Å². The van der Waals surface area contributed by atoms with Crippen LogP contribution in [0, 0.1) is 5.41 Å². The van der Waals surface area contributed by atoms with Crippen LogP contribution in [0.4, 0.5) is 0 Å². The van der Waals surface area contributed by atoms with Crippen LogP contribution < -0.4 is 5.32 Å².